The van der Waals surface area contributed by atoms with E-state index in [2.05, 4.69) is 19.2 Å². The fourth-order valence-corrected chi connectivity index (χ4v) is 2.07. The van der Waals surface area contributed by atoms with Gasteiger partial charge in [0.05, 0.1) is 6.54 Å². The normalized spacial score (nSPS) is 10.8. The maximum absolute atomic E-state index is 13.1. The van der Waals surface area contributed by atoms with E-state index in [9.17, 15) is 18.0 Å². The van der Waals surface area contributed by atoms with Crippen LogP contribution in [0.4, 0.5) is 13.2 Å². The van der Waals surface area contributed by atoms with Crippen LogP contribution < -0.4 is 10.1 Å². The average Bonchev–Trinajstić information content (AvgIpc) is 2.56. The summed E-state index contributed by atoms with van der Waals surface area (Å²) < 4.78 is 44.5. The molecule has 128 valence electrons. The van der Waals surface area contributed by atoms with Gasteiger partial charge in [-0.2, -0.15) is 0 Å². The lowest BCUT2D eigenvalue weighted by Gasteiger charge is -2.10. The minimum Gasteiger partial charge on any atom is -0.492 e. The van der Waals surface area contributed by atoms with Crippen LogP contribution >= 0.6 is 0 Å². The van der Waals surface area contributed by atoms with Crippen molar-refractivity contribution in [2.24, 2.45) is 0 Å². The first-order valence-electron chi connectivity index (χ1n) is 7.54. The molecule has 0 heterocycles. The Bertz CT molecular complexity index is 692. The molecule has 2 aromatic rings. The minimum absolute atomic E-state index is 0.144. The van der Waals surface area contributed by atoms with Crippen molar-refractivity contribution in [3.63, 3.8) is 0 Å². The van der Waals surface area contributed by atoms with Gasteiger partial charge in [0, 0.05) is 5.56 Å². The number of carbonyl (C=O) groups excluding carboxylic acids is 1. The molecule has 0 aliphatic rings. The van der Waals surface area contributed by atoms with Gasteiger partial charge in [0.1, 0.15) is 12.4 Å². The summed E-state index contributed by atoms with van der Waals surface area (Å²) in [5.74, 6) is -4.02. The fraction of sp³-hybridized carbons (Fsp3) is 0.278. The summed E-state index contributed by atoms with van der Waals surface area (Å²) in [6.45, 7) is 4.52. The Balaban J connectivity index is 1.82. The van der Waals surface area contributed by atoms with E-state index in [-0.39, 0.29) is 18.7 Å². The summed E-state index contributed by atoms with van der Waals surface area (Å²) in [4.78, 5) is 11.8. The standard InChI is InChI=1S/C18H18F3NO2/c1-11(2)12-3-5-14(6-4-12)24-8-7-22-18(23)13-9-15(19)17(21)16(20)10-13/h3-6,9-11H,7-8H2,1-2H3,(H,22,23). The van der Waals surface area contributed by atoms with Crippen molar-refractivity contribution in [3.05, 3.63) is 65.0 Å². The van der Waals surface area contributed by atoms with E-state index in [1.54, 1.807) is 0 Å². The summed E-state index contributed by atoms with van der Waals surface area (Å²) in [6, 6.07) is 8.90. The highest BCUT2D eigenvalue weighted by atomic mass is 19.2. The van der Waals surface area contributed by atoms with E-state index in [4.69, 9.17) is 4.74 Å². The van der Waals surface area contributed by atoms with Gasteiger partial charge in [0.2, 0.25) is 0 Å². The molecule has 0 aliphatic carbocycles. The van der Waals surface area contributed by atoms with E-state index in [0.717, 1.165) is 0 Å². The molecule has 0 saturated heterocycles. The van der Waals surface area contributed by atoms with Crippen LogP contribution in [0.15, 0.2) is 36.4 Å². The second-order valence-electron chi connectivity index (χ2n) is 5.58. The molecule has 0 aliphatic heterocycles. The maximum Gasteiger partial charge on any atom is 0.251 e. The highest BCUT2D eigenvalue weighted by Gasteiger charge is 2.14. The first-order valence-corrected chi connectivity index (χ1v) is 7.54. The molecule has 24 heavy (non-hydrogen) atoms. The van der Waals surface area contributed by atoms with Gasteiger partial charge in [-0.25, -0.2) is 13.2 Å². The third kappa shape index (κ3) is 4.50. The maximum atomic E-state index is 13.1. The van der Waals surface area contributed by atoms with Crippen molar-refractivity contribution in [2.75, 3.05) is 13.2 Å². The zero-order chi connectivity index (χ0) is 17.7. The SMILES string of the molecule is CC(C)c1ccc(OCCNC(=O)c2cc(F)c(F)c(F)c2)cc1. The zero-order valence-electron chi connectivity index (χ0n) is 13.4. The Morgan fingerprint density at radius 3 is 2.21 bits per heavy atom. The zero-order valence-corrected chi connectivity index (χ0v) is 13.4. The molecule has 0 fully saturated rings. The summed E-state index contributed by atoms with van der Waals surface area (Å²) in [7, 11) is 0. The molecule has 6 heteroatoms. The topological polar surface area (TPSA) is 38.3 Å². The van der Waals surface area contributed by atoms with E-state index >= 15 is 0 Å². The van der Waals surface area contributed by atoms with Gasteiger partial charge in [0.25, 0.3) is 5.91 Å². The molecule has 0 bridgehead atoms. The minimum atomic E-state index is -1.60. The van der Waals surface area contributed by atoms with Gasteiger partial charge < -0.3 is 10.1 Å². The predicted molar refractivity (Wildman–Crippen MR) is 84.7 cm³/mol. The van der Waals surface area contributed by atoms with Crippen LogP contribution in [-0.4, -0.2) is 19.1 Å². The molecule has 1 amide bonds. The Kier molecular flexibility index (Phi) is 5.84. The first-order chi connectivity index (χ1) is 11.4. The third-order valence-electron chi connectivity index (χ3n) is 3.45. The summed E-state index contributed by atoms with van der Waals surface area (Å²) in [5, 5.41) is 2.45. The Hall–Kier alpha value is -2.50. The quantitative estimate of drug-likeness (QED) is 0.638. The van der Waals surface area contributed by atoms with Gasteiger partial charge in [-0.3, -0.25) is 4.79 Å². The second kappa shape index (κ2) is 7.86. The molecular formula is C18H18F3NO2. The number of benzene rings is 2. The number of carbonyl (C=O) groups is 1. The molecule has 0 radical (unpaired) electrons. The summed E-state index contributed by atoms with van der Waals surface area (Å²) >= 11 is 0. The van der Waals surface area contributed by atoms with Crippen molar-refractivity contribution in [1.29, 1.82) is 0 Å². The van der Waals surface area contributed by atoms with Gasteiger partial charge in [-0.15, -0.1) is 0 Å². The monoisotopic (exact) mass is 337 g/mol. The van der Waals surface area contributed by atoms with Crippen LogP contribution in [-0.2, 0) is 0 Å². The molecule has 0 saturated carbocycles. The second-order valence-corrected chi connectivity index (χ2v) is 5.58. The average molecular weight is 337 g/mol. The molecule has 0 atom stereocenters. The van der Waals surface area contributed by atoms with Crippen molar-refractivity contribution in [2.45, 2.75) is 19.8 Å². The Labute approximate surface area is 138 Å². The van der Waals surface area contributed by atoms with E-state index in [0.29, 0.717) is 23.8 Å². The lowest BCUT2D eigenvalue weighted by atomic mass is 10.0. The number of hydrogen-bond acceptors (Lipinski definition) is 2. The third-order valence-corrected chi connectivity index (χ3v) is 3.45. The van der Waals surface area contributed by atoms with Gasteiger partial charge in [-0.05, 0) is 35.7 Å². The molecule has 0 aromatic heterocycles. The molecule has 1 N–H and O–H groups in total. The van der Waals surface area contributed by atoms with Crippen molar-refractivity contribution in [3.8, 4) is 5.75 Å². The Morgan fingerprint density at radius 1 is 1.08 bits per heavy atom. The number of amides is 1. The van der Waals surface area contributed by atoms with Gasteiger partial charge in [-0.1, -0.05) is 26.0 Å². The molecule has 2 aromatic carbocycles. The van der Waals surface area contributed by atoms with Crippen molar-refractivity contribution >= 4 is 5.91 Å². The van der Waals surface area contributed by atoms with Crippen LogP contribution in [0.25, 0.3) is 0 Å². The first kappa shape index (κ1) is 17.8. The molecule has 0 spiro atoms. The number of ether oxygens (including phenoxy) is 1. The van der Waals surface area contributed by atoms with Gasteiger partial charge in [0.15, 0.2) is 17.5 Å². The van der Waals surface area contributed by atoms with Crippen molar-refractivity contribution < 1.29 is 22.7 Å². The Morgan fingerprint density at radius 2 is 1.67 bits per heavy atom. The molecular weight excluding hydrogens is 319 g/mol. The highest BCUT2D eigenvalue weighted by Crippen LogP contribution is 2.18. The van der Waals surface area contributed by atoms with Crippen LogP contribution in [0.1, 0.15) is 35.7 Å². The fourth-order valence-electron chi connectivity index (χ4n) is 2.07. The van der Waals surface area contributed by atoms with Crippen LogP contribution in [0.2, 0.25) is 0 Å². The van der Waals surface area contributed by atoms with Crippen molar-refractivity contribution in [1.82, 2.24) is 5.32 Å². The lowest BCUT2D eigenvalue weighted by Crippen LogP contribution is -2.28. The lowest BCUT2D eigenvalue weighted by molar-refractivity contribution is 0.0946. The van der Waals surface area contributed by atoms with Crippen LogP contribution in [0.5, 0.6) is 5.75 Å². The van der Waals surface area contributed by atoms with E-state index in [1.165, 1.54) is 5.56 Å². The van der Waals surface area contributed by atoms with E-state index < -0.39 is 23.4 Å². The number of hydrogen-bond donors (Lipinski definition) is 1. The molecule has 0 unspecified atom stereocenters. The van der Waals surface area contributed by atoms with Crippen LogP contribution in [0.3, 0.4) is 0 Å². The number of halogens is 3. The largest absolute Gasteiger partial charge is 0.492 e. The number of rotatable bonds is 6. The molecule has 3 nitrogen and oxygen atoms in total. The van der Waals surface area contributed by atoms with E-state index in [1.807, 2.05) is 24.3 Å². The summed E-state index contributed by atoms with van der Waals surface area (Å²) in [6.07, 6.45) is 0. The predicted octanol–water partition coefficient (Wildman–Crippen LogP) is 4.04. The summed E-state index contributed by atoms with van der Waals surface area (Å²) in [5.41, 5.74) is 0.906. The molecule has 2 rings (SSSR count). The smallest absolute Gasteiger partial charge is 0.251 e. The highest BCUT2D eigenvalue weighted by molar-refractivity contribution is 5.94. The van der Waals surface area contributed by atoms with Crippen LogP contribution in [0, 0.1) is 17.5 Å². The number of nitrogens with one attached hydrogen (secondary N) is 1. The van der Waals surface area contributed by atoms with Gasteiger partial charge >= 0.3 is 0 Å².